The zero-order valence-corrected chi connectivity index (χ0v) is 11.2. The Bertz CT molecular complexity index is 638. The first kappa shape index (κ1) is 11.9. The molecule has 2 N–H and O–H groups in total. The van der Waals surface area contributed by atoms with Crippen LogP contribution in [0.2, 0.25) is 0 Å². The third kappa shape index (κ3) is 1.98. The van der Waals surface area contributed by atoms with Crippen LogP contribution in [0.4, 0.5) is 0 Å². The fourth-order valence-corrected chi connectivity index (χ4v) is 3.08. The summed E-state index contributed by atoms with van der Waals surface area (Å²) in [5.41, 5.74) is 8.15. The van der Waals surface area contributed by atoms with Crippen LogP contribution in [0, 0.1) is 0 Å². The first-order valence-corrected chi connectivity index (χ1v) is 7.15. The fourth-order valence-electron chi connectivity index (χ4n) is 3.08. The standard InChI is InChI=1S/C15H17N3O2/c16-12-3-1-11(8-12)15-17-14(18-20-15)10-2-4-13-9(7-10)5-6-19-13/h2,4,7,11-12H,1,3,5-6,8,16H2. The highest BCUT2D eigenvalue weighted by atomic mass is 16.5. The van der Waals surface area contributed by atoms with Gasteiger partial charge in [0.05, 0.1) is 6.61 Å². The van der Waals surface area contributed by atoms with Gasteiger partial charge in [0.1, 0.15) is 5.75 Å². The van der Waals surface area contributed by atoms with Crippen molar-refractivity contribution in [1.82, 2.24) is 10.1 Å². The summed E-state index contributed by atoms with van der Waals surface area (Å²) in [6.45, 7) is 0.760. The molecule has 1 aliphatic heterocycles. The first-order chi connectivity index (χ1) is 9.79. The van der Waals surface area contributed by atoms with Crippen molar-refractivity contribution >= 4 is 0 Å². The van der Waals surface area contributed by atoms with Crippen molar-refractivity contribution in [1.29, 1.82) is 0 Å². The van der Waals surface area contributed by atoms with Crippen LogP contribution in [-0.2, 0) is 6.42 Å². The van der Waals surface area contributed by atoms with Gasteiger partial charge >= 0.3 is 0 Å². The molecule has 1 fully saturated rings. The number of hydrogen-bond donors (Lipinski definition) is 1. The Morgan fingerprint density at radius 2 is 2.20 bits per heavy atom. The lowest BCUT2D eigenvalue weighted by atomic mass is 10.1. The molecule has 2 atom stereocenters. The molecule has 2 unspecified atom stereocenters. The summed E-state index contributed by atoms with van der Waals surface area (Å²) >= 11 is 0. The maximum atomic E-state index is 5.94. The lowest BCUT2D eigenvalue weighted by Gasteiger charge is -2.02. The molecule has 1 saturated carbocycles. The normalized spacial score (nSPS) is 24.6. The Balaban J connectivity index is 1.61. The van der Waals surface area contributed by atoms with Crippen molar-refractivity contribution in [2.75, 3.05) is 6.61 Å². The Labute approximate surface area is 117 Å². The zero-order valence-electron chi connectivity index (χ0n) is 11.2. The molecule has 5 heteroatoms. The molecule has 2 aromatic rings. The number of nitrogens with zero attached hydrogens (tertiary/aromatic N) is 2. The van der Waals surface area contributed by atoms with Gasteiger partial charge in [-0.05, 0) is 43.0 Å². The van der Waals surface area contributed by atoms with E-state index < -0.39 is 0 Å². The van der Waals surface area contributed by atoms with Crippen molar-refractivity contribution in [3.63, 3.8) is 0 Å². The third-order valence-corrected chi connectivity index (χ3v) is 4.21. The molecule has 0 radical (unpaired) electrons. The quantitative estimate of drug-likeness (QED) is 0.907. The molecule has 1 aromatic carbocycles. The van der Waals surface area contributed by atoms with Gasteiger partial charge in [-0.3, -0.25) is 0 Å². The van der Waals surface area contributed by atoms with Crippen LogP contribution in [0.15, 0.2) is 22.7 Å². The number of rotatable bonds is 2. The second kappa shape index (κ2) is 4.59. The van der Waals surface area contributed by atoms with E-state index in [4.69, 9.17) is 15.0 Å². The van der Waals surface area contributed by atoms with Crippen LogP contribution in [0.25, 0.3) is 11.4 Å². The number of benzene rings is 1. The maximum absolute atomic E-state index is 5.94. The molecule has 1 aliphatic carbocycles. The Kier molecular flexibility index (Phi) is 2.73. The van der Waals surface area contributed by atoms with Gasteiger partial charge in [-0.25, -0.2) is 0 Å². The van der Waals surface area contributed by atoms with Gasteiger partial charge in [0.2, 0.25) is 11.7 Å². The third-order valence-electron chi connectivity index (χ3n) is 4.21. The topological polar surface area (TPSA) is 74.2 Å². The highest BCUT2D eigenvalue weighted by molar-refractivity contribution is 5.59. The van der Waals surface area contributed by atoms with Crippen LogP contribution in [0.1, 0.15) is 36.6 Å². The maximum Gasteiger partial charge on any atom is 0.230 e. The van der Waals surface area contributed by atoms with Crippen molar-refractivity contribution in [3.8, 4) is 17.1 Å². The van der Waals surface area contributed by atoms with E-state index >= 15 is 0 Å². The summed E-state index contributed by atoms with van der Waals surface area (Å²) in [6, 6.07) is 6.34. The van der Waals surface area contributed by atoms with Crippen LogP contribution in [-0.4, -0.2) is 22.8 Å². The highest BCUT2D eigenvalue weighted by Crippen LogP contribution is 2.34. The molecule has 0 saturated heterocycles. The van der Waals surface area contributed by atoms with Crippen molar-refractivity contribution in [2.24, 2.45) is 5.73 Å². The zero-order chi connectivity index (χ0) is 13.5. The lowest BCUT2D eigenvalue weighted by Crippen LogP contribution is -2.14. The van der Waals surface area contributed by atoms with E-state index in [1.54, 1.807) is 0 Å². The lowest BCUT2D eigenvalue weighted by molar-refractivity contribution is 0.353. The monoisotopic (exact) mass is 271 g/mol. The van der Waals surface area contributed by atoms with Gasteiger partial charge in [0.25, 0.3) is 0 Å². The molecule has 0 bridgehead atoms. The number of ether oxygens (including phenoxy) is 1. The van der Waals surface area contributed by atoms with Gasteiger partial charge in [0, 0.05) is 23.9 Å². The first-order valence-electron chi connectivity index (χ1n) is 7.15. The van der Waals surface area contributed by atoms with E-state index in [9.17, 15) is 0 Å². The van der Waals surface area contributed by atoms with Gasteiger partial charge < -0.3 is 15.0 Å². The Morgan fingerprint density at radius 3 is 3.05 bits per heavy atom. The molecule has 0 amide bonds. The van der Waals surface area contributed by atoms with Gasteiger partial charge in [0.15, 0.2) is 0 Å². The minimum absolute atomic E-state index is 0.271. The molecule has 4 rings (SSSR count). The predicted molar refractivity (Wildman–Crippen MR) is 73.5 cm³/mol. The van der Waals surface area contributed by atoms with E-state index in [2.05, 4.69) is 16.2 Å². The summed E-state index contributed by atoms with van der Waals surface area (Å²) in [7, 11) is 0. The van der Waals surface area contributed by atoms with Gasteiger partial charge in [-0.1, -0.05) is 5.16 Å². The molecule has 1 aromatic heterocycles. The smallest absolute Gasteiger partial charge is 0.230 e. The number of aromatic nitrogens is 2. The van der Waals surface area contributed by atoms with E-state index in [0.29, 0.717) is 11.7 Å². The predicted octanol–water partition coefficient (Wildman–Crippen LogP) is 2.27. The van der Waals surface area contributed by atoms with E-state index in [1.807, 2.05) is 12.1 Å². The van der Waals surface area contributed by atoms with E-state index in [1.165, 1.54) is 5.56 Å². The second-order valence-electron chi connectivity index (χ2n) is 5.65. The second-order valence-corrected chi connectivity index (χ2v) is 5.65. The molecule has 2 aliphatic rings. The number of hydrogen-bond acceptors (Lipinski definition) is 5. The molecule has 20 heavy (non-hydrogen) atoms. The van der Waals surface area contributed by atoms with Gasteiger partial charge in [-0.15, -0.1) is 0 Å². The summed E-state index contributed by atoms with van der Waals surface area (Å²) < 4.78 is 10.9. The molecule has 104 valence electrons. The Morgan fingerprint density at radius 1 is 1.25 bits per heavy atom. The van der Waals surface area contributed by atoms with Gasteiger partial charge in [-0.2, -0.15) is 4.98 Å². The summed E-state index contributed by atoms with van der Waals surface area (Å²) in [5, 5.41) is 4.11. The average molecular weight is 271 g/mol. The van der Waals surface area contributed by atoms with E-state index in [0.717, 1.165) is 49.5 Å². The van der Waals surface area contributed by atoms with Crippen LogP contribution in [0.5, 0.6) is 5.75 Å². The summed E-state index contributed by atoms with van der Waals surface area (Å²) in [4.78, 5) is 4.55. The van der Waals surface area contributed by atoms with Crippen molar-refractivity contribution in [2.45, 2.75) is 37.6 Å². The van der Waals surface area contributed by atoms with Crippen molar-refractivity contribution < 1.29 is 9.26 Å². The Hall–Kier alpha value is -1.88. The molecule has 2 heterocycles. The summed E-state index contributed by atoms with van der Waals surface area (Å²) in [6.07, 6.45) is 3.98. The van der Waals surface area contributed by atoms with E-state index in [-0.39, 0.29) is 6.04 Å². The minimum atomic E-state index is 0.271. The summed E-state index contributed by atoms with van der Waals surface area (Å²) in [5.74, 6) is 2.68. The van der Waals surface area contributed by atoms with Crippen LogP contribution >= 0.6 is 0 Å². The average Bonchev–Trinajstić information content (AvgIpc) is 3.17. The highest BCUT2D eigenvalue weighted by Gasteiger charge is 2.28. The molecular formula is C15H17N3O2. The van der Waals surface area contributed by atoms with Crippen molar-refractivity contribution in [3.05, 3.63) is 29.7 Å². The molecular weight excluding hydrogens is 254 g/mol. The minimum Gasteiger partial charge on any atom is -0.493 e. The molecule has 0 spiro atoms. The fraction of sp³-hybridized carbons (Fsp3) is 0.467. The number of fused-ring (bicyclic) bond motifs is 1. The SMILES string of the molecule is NC1CCC(c2nc(-c3ccc4c(c3)CCO4)no2)C1. The van der Waals surface area contributed by atoms with Crippen LogP contribution < -0.4 is 10.5 Å². The van der Waals surface area contributed by atoms with Crippen LogP contribution in [0.3, 0.4) is 0 Å². The number of nitrogens with two attached hydrogens (primary N) is 1. The largest absolute Gasteiger partial charge is 0.493 e. The molecule has 5 nitrogen and oxygen atoms in total.